The monoisotopic (exact) mass is 257 g/mol. The third kappa shape index (κ3) is 2.04. The number of amides is 1. The van der Waals surface area contributed by atoms with E-state index in [9.17, 15) is 17.6 Å². The van der Waals surface area contributed by atoms with Gasteiger partial charge >= 0.3 is 0 Å². The van der Waals surface area contributed by atoms with Crippen molar-refractivity contribution in [1.82, 2.24) is 0 Å². The number of carbonyl (C=O) groups excluding carboxylic acids is 1. The molecular formula is C11H12FNO3S. The lowest BCUT2D eigenvalue weighted by molar-refractivity contribution is -0.118. The van der Waals surface area contributed by atoms with E-state index >= 15 is 0 Å². The van der Waals surface area contributed by atoms with Gasteiger partial charge in [0.1, 0.15) is 5.82 Å². The highest BCUT2D eigenvalue weighted by atomic mass is 32.2. The first-order valence-electron chi connectivity index (χ1n) is 5.15. The molecule has 0 radical (unpaired) electrons. The fourth-order valence-corrected chi connectivity index (χ4v) is 3.55. The highest BCUT2D eigenvalue weighted by Crippen LogP contribution is 2.30. The zero-order chi connectivity index (χ0) is 12.8. The first-order valence-corrected chi connectivity index (χ1v) is 6.80. The van der Waals surface area contributed by atoms with E-state index in [2.05, 4.69) is 5.32 Å². The van der Waals surface area contributed by atoms with Crippen molar-refractivity contribution in [2.24, 2.45) is 5.92 Å². The molecule has 6 heteroatoms. The Labute approximate surface area is 98.8 Å². The second-order valence-corrected chi connectivity index (χ2v) is 6.27. The van der Waals surface area contributed by atoms with E-state index in [1.54, 1.807) is 0 Å². The molecule has 0 fully saturated rings. The maximum Gasteiger partial charge on any atom is 0.228 e. The molecule has 1 amide bonds. The van der Waals surface area contributed by atoms with Gasteiger partial charge in [0.25, 0.3) is 0 Å². The summed E-state index contributed by atoms with van der Waals surface area (Å²) in [5.41, 5.74) is 0.276. The number of sulfone groups is 1. The summed E-state index contributed by atoms with van der Waals surface area (Å²) < 4.78 is 37.4. The van der Waals surface area contributed by atoms with Crippen molar-refractivity contribution in [3.8, 4) is 0 Å². The smallest absolute Gasteiger partial charge is 0.228 e. The highest BCUT2D eigenvalue weighted by Gasteiger charge is 2.31. The van der Waals surface area contributed by atoms with Crippen molar-refractivity contribution < 1.29 is 17.6 Å². The first kappa shape index (κ1) is 12.0. The number of fused-ring (bicyclic) bond motifs is 1. The molecule has 0 saturated heterocycles. The highest BCUT2D eigenvalue weighted by molar-refractivity contribution is 7.91. The van der Waals surface area contributed by atoms with Gasteiger partial charge in [-0.1, -0.05) is 6.92 Å². The standard InChI is InChI=1S/C11H12FNO3S/c1-6-3-10-9(4-8(6)12)13-11(14)7(2)5-17(10,15)16/h3-4,7H,5H2,1-2H3,(H,13,14). The van der Waals surface area contributed by atoms with Crippen LogP contribution in [0.3, 0.4) is 0 Å². The molecule has 0 aromatic heterocycles. The van der Waals surface area contributed by atoms with Crippen molar-refractivity contribution in [3.63, 3.8) is 0 Å². The van der Waals surface area contributed by atoms with Gasteiger partial charge < -0.3 is 5.32 Å². The Morgan fingerprint density at radius 3 is 2.71 bits per heavy atom. The molecule has 1 unspecified atom stereocenters. The Morgan fingerprint density at radius 2 is 2.06 bits per heavy atom. The van der Waals surface area contributed by atoms with Crippen LogP contribution >= 0.6 is 0 Å². The number of rotatable bonds is 0. The Bertz CT molecular complexity index is 595. The molecule has 1 atom stereocenters. The van der Waals surface area contributed by atoms with Crippen LogP contribution in [0.2, 0.25) is 0 Å². The summed E-state index contributed by atoms with van der Waals surface area (Å²) in [6, 6.07) is 2.32. The lowest BCUT2D eigenvalue weighted by atomic mass is 10.2. The summed E-state index contributed by atoms with van der Waals surface area (Å²) in [7, 11) is -3.55. The molecule has 1 aliphatic rings. The number of carbonyl (C=O) groups is 1. The molecule has 1 aliphatic heterocycles. The summed E-state index contributed by atoms with van der Waals surface area (Å²) in [5.74, 6) is -1.84. The van der Waals surface area contributed by atoms with Crippen molar-refractivity contribution in [2.75, 3.05) is 11.1 Å². The summed E-state index contributed by atoms with van der Waals surface area (Å²) in [6.07, 6.45) is 0. The summed E-state index contributed by atoms with van der Waals surface area (Å²) in [4.78, 5) is 11.6. The number of anilines is 1. The summed E-state index contributed by atoms with van der Waals surface area (Å²) in [5, 5.41) is 2.44. The Kier molecular flexibility index (Phi) is 2.69. The quantitative estimate of drug-likeness (QED) is 0.716. The lowest BCUT2D eigenvalue weighted by Gasteiger charge is -2.08. The van der Waals surface area contributed by atoms with E-state index in [-0.39, 0.29) is 21.9 Å². The van der Waals surface area contributed by atoms with E-state index in [0.29, 0.717) is 0 Å². The second kappa shape index (κ2) is 3.80. The minimum absolute atomic E-state index is 0.00546. The number of aryl methyl sites for hydroxylation is 1. The van der Waals surface area contributed by atoms with Crippen molar-refractivity contribution in [3.05, 3.63) is 23.5 Å². The van der Waals surface area contributed by atoms with Gasteiger partial charge in [-0.05, 0) is 24.6 Å². The number of benzene rings is 1. The molecular weight excluding hydrogens is 245 g/mol. The number of nitrogens with one attached hydrogen (secondary N) is 1. The van der Waals surface area contributed by atoms with Gasteiger partial charge in [0.2, 0.25) is 5.91 Å². The van der Waals surface area contributed by atoms with Gasteiger partial charge in [-0.15, -0.1) is 0 Å². The minimum atomic E-state index is -3.55. The van der Waals surface area contributed by atoms with E-state index in [0.717, 1.165) is 6.07 Å². The molecule has 0 saturated carbocycles. The van der Waals surface area contributed by atoms with Gasteiger partial charge in [0, 0.05) is 5.92 Å². The van der Waals surface area contributed by atoms with Crippen LogP contribution in [0.25, 0.3) is 0 Å². The van der Waals surface area contributed by atoms with Gasteiger partial charge in [-0.3, -0.25) is 4.79 Å². The third-order valence-corrected chi connectivity index (χ3v) is 4.72. The number of halogens is 1. The molecule has 1 heterocycles. The van der Waals surface area contributed by atoms with Crippen LogP contribution in [0.5, 0.6) is 0 Å². The molecule has 0 spiro atoms. The van der Waals surface area contributed by atoms with E-state index in [1.807, 2.05) is 0 Å². The molecule has 1 aromatic carbocycles. The number of hydrogen-bond acceptors (Lipinski definition) is 3. The van der Waals surface area contributed by atoms with Crippen LogP contribution in [0.1, 0.15) is 12.5 Å². The molecule has 0 aliphatic carbocycles. The maximum absolute atomic E-state index is 13.4. The second-order valence-electron chi connectivity index (χ2n) is 4.27. The number of hydrogen-bond donors (Lipinski definition) is 1. The van der Waals surface area contributed by atoms with Gasteiger partial charge in [0.05, 0.1) is 16.3 Å². The maximum atomic E-state index is 13.4. The largest absolute Gasteiger partial charge is 0.325 e. The van der Waals surface area contributed by atoms with E-state index in [4.69, 9.17) is 0 Å². The third-order valence-electron chi connectivity index (χ3n) is 2.77. The van der Waals surface area contributed by atoms with Crippen molar-refractivity contribution >= 4 is 21.4 Å². The molecule has 1 aromatic rings. The summed E-state index contributed by atoms with van der Waals surface area (Å²) in [6.45, 7) is 3.02. The minimum Gasteiger partial charge on any atom is -0.325 e. The SMILES string of the molecule is Cc1cc2c(cc1F)NC(=O)C(C)CS2(=O)=O. The first-order chi connectivity index (χ1) is 7.81. The van der Waals surface area contributed by atoms with Crippen LogP contribution in [0, 0.1) is 18.7 Å². The fraction of sp³-hybridized carbons (Fsp3) is 0.364. The van der Waals surface area contributed by atoms with Crippen LogP contribution in [0.4, 0.5) is 10.1 Å². The molecule has 4 nitrogen and oxygen atoms in total. The van der Waals surface area contributed by atoms with Gasteiger partial charge in [-0.25, -0.2) is 12.8 Å². The van der Waals surface area contributed by atoms with E-state index in [1.165, 1.54) is 19.9 Å². The van der Waals surface area contributed by atoms with Crippen LogP contribution in [-0.4, -0.2) is 20.1 Å². The zero-order valence-electron chi connectivity index (χ0n) is 9.45. The normalized spacial score (nSPS) is 22.5. The van der Waals surface area contributed by atoms with Gasteiger partial charge in [0.15, 0.2) is 9.84 Å². The van der Waals surface area contributed by atoms with Crippen molar-refractivity contribution in [2.45, 2.75) is 18.7 Å². The van der Waals surface area contributed by atoms with Crippen LogP contribution in [0.15, 0.2) is 17.0 Å². The Balaban J connectivity index is 2.70. The van der Waals surface area contributed by atoms with E-state index < -0.39 is 27.5 Å². The topological polar surface area (TPSA) is 63.2 Å². The molecule has 17 heavy (non-hydrogen) atoms. The average Bonchev–Trinajstić information content (AvgIpc) is 2.28. The van der Waals surface area contributed by atoms with Crippen LogP contribution in [-0.2, 0) is 14.6 Å². The molecule has 0 bridgehead atoms. The van der Waals surface area contributed by atoms with Gasteiger partial charge in [-0.2, -0.15) is 0 Å². The predicted molar refractivity (Wildman–Crippen MR) is 61.0 cm³/mol. The predicted octanol–water partition coefficient (Wildman–Crippen LogP) is 1.50. The van der Waals surface area contributed by atoms with Crippen LogP contribution < -0.4 is 5.32 Å². The van der Waals surface area contributed by atoms with Crippen molar-refractivity contribution in [1.29, 1.82) is 0 Å². The Morgan fingerprint density at radius 1 is 1.41 bits per heavy atom. The lowest BCUT2D eigenvalue weighted by Crippen LogP contribution is -2.22. The average molecular weight is 257 g/mol. The molecule has 2 rings (SSSR count). The molecule has 92 valence electrons. The summed E-state index contributed by atoms with van der Waals surface area (Å²) >= 11 is 0. The molecule has 1 N–H and O–H groups in total. The fourth-order valence-electron chi connectivity index (χ4n) is 1.76. The Hall–Kier alpha value is -1.43. The zero-order valence-corrected chi connectivity index (χ0v) is 10.3.